The molecule has 0 aliphatic carbocycles. The number of carboxylic acid groups (broad SMARTS) is 2. The van der Waals surface area contributed by atoms with Crippen LogP contribution in [-0.2, 0) is 19.2 Å². The summed E-state index contributed by atoms with van der Waals surface area (Å²) < 4.78 is 0. The first-order valence-corrected chi connectivity index (χ1v) is 7.41. The highest BCUT2D eigenvalue weighted by atomic mass is 16.4. The molecular formula is C13H24N6O6. The molecule has 12 nitrogen and oxygen atoms in total. The largest absolute Gasteiger partial charge is 0.481 e. The zero-order chi connectivity index (χ0) is 19.6. The molecule has 2 amide bonds. The number of amides is 2. The number of guanidine groups is 1. The Kier molecular flexibility index (Phi) is 9.56. The van der Waals surface area contributed by atoms with Gasteiger partial charge in [-0.05, 0) is 19.8 Å². The number of nitrogens with one attached hydrogen (secondary N) is 2. The molecule has 12 heteroatoms. The Bertz CT molecular complexity index is 531. The van der Waals surface area contributed by atoms with Gasteiger partial charge in [0.25, 0.3) is 0 Å². The van der Waals surface area contributed by atoms with Gasteiger partial charge in [0.15, 0.2) is 5.96 Å². The van der Waals surface area contributed by atoms with Crippen molar-refractivity contribution in [1.82, 2.24) is 10.6 Å². The summed E-state index contributed by atoms with van der Waals surface area (Å²) in [7, 11) is 0. The van der Waals surface area contributed by atoms with Gasteiger partial charge in [-0.15, -0.1) is 0 Å². The Labute approximate surface area is 143 Å². The van der Waals surface area contributed by atoms with Crippen LogP contribution in [0.5, 0.6) is 0 Å². The molecular weight excluding hydrogens is 336 g/mol. The summed E-state index contributed by atoms with van der Waals surface area (Å²) in [5.41, 5.74) is 15.8. The number of carbonyl (C=O) groups excluding carboxylic acids is 2. The van der Waals surface area contributed by atoms with Crippen LogP contribution in [0.1, 0.15) is 26.2 Å². The molecule has 10 N–H and O–H groups in total. The minimum Gasteiger partial charge on any atom is -0.481 e. The molecule has 0 aromatic carbocycles. The predicted octanol–water partition coefficient (Wildman–Crippen LogP) is -3.08. The zero-order valence-corrected chi connectivity index (χ0v) is 13.8. The van der Waals surface area contributed by atoms with Crippen molar-refractivity contribution in [1.29, 1.82) is 0 Å². The first-order chi connectivity index (χ1) is 11.5. The number of carboxylic acids is 2. The van der Waals surface area contributed by atoms with Crippen LogP contribution in [0, 0.1) is 0 Å². The number of nitrogens with zero attached hydrogens (tertiary/aromatic N) is 1. The molecule has 0 spiro atoms. The second-order valence-corrected chi connectivity index (χ2v) is 5.30. The van der Waals surface area contributed by atoms with Crippen LogP contribution in [0.3, 0.4) is 0 Å². The van der Waals surface area contributed by atoms with Gasteiger partial charge in [-0.2, -0.15) is 0 Å². The lowest BCUT2D eigenvalue weighted by atomic mass is 10.1. The van der Waals surface area contributed by atoms with E-state index in [1.165, 1.54) is 6.92 Å². The van der Waals surface area contributed by atoms with Gasteiger partial charge >= 0.3 is 11.9 Å². The van der Waals surface area contributed by atoms with Gasteiger partial charge in [0.05, 0.1) is 12.5 Å². The van der Waals surface area contributed by atoms with Crippen molar-refractivity contribution in [3.05, 3.63) is 0 Å². The first kappa shape index (κ1) is 22.1. The molecule has 25 heavy (non-hydrogen) atoms. The number of hydrogen-bond acceptors (Lipinski definition) is 6. The van der Waals surface area contributed by atoms with E-state index in [-0.39, 0.29) is 18.9 Å². The summed E-state index contributed by atoms with van der Waals surface area (Å²) in [4.78, 5) is 49.3. The van der Waals surface area contributed by atoms with Crippen molar-refractivity contribution in [2.45, 2.75) is 44.3 Å². The molecule has 0 fully saturated rings. The quantitative estimate of drug-likeness (QED) is 0.112. The Morgan fingerprint density at radius 3 is 2.04 bits per heavy atom. The first-order valence-electron chi connectivity index (χ1n) is 7.41. The summed E-state index contributed by atoms with van der Waals surface area (Å²) in [6.45, 7) is 1.60. The number of aliphatic imine (C=N–C) groups is 1. The minimum atomic E-state index is -1.63. The lowest BCUT2D eigenvalue weighted by Crippen LogP contribution is -2.54. The molecule has 0 rings (SSSR count). The summed E-state index contributed by atoms with van der Waals surface area (Å²) in [6, 6.07) is -3.62. The number of nitrogens with two attached hydrogens (primary N) is 3. The van der Waals surface area contributed by atoms with Crippen LogP contribution in [-0.4, -0.2) is 64.6 Å². The maximum absolute atomic E-state index is 12.2. The maximum Gasteiger partial charge on any atom is 0.326 e. The normalized spacial score (nSPS) is 13.8. The van der Waals surface area contributed by atoms with Gasteiger partial charge < -0.3 is 38.0 Å². The highest BCUT2D eigenvalue weighted by Gasteiger charge is 2.28. The highest BCUT2D eigenvalue weighted by Crippen LogP contribution is 2.02. The molecule has 0 aromatic heterocycles. The maximum atomic E-state index is 12.2. The van der Waals surface area contributed by atoms with Crippen molar-refractivity contribution in [2.75, 3.05) is 6.54 Å². The van der Waals surface area contributed by atoms with Gasteiger partial charge in [-0.1, -0.05) is 0 Å². The van der Waals surface area contributed by atoms with Crippen molar-refractivity contribution in [2.24, 2.45) is 22.2 Å². The van der Waals surface area contributed by atoms with Gasteiger partial charge in [0, 0.05) is 6.54 Å². The Morgan fingerprint density at radius 2 is 1.60 bits per heavy atom. The second-order valence-electron chi connectivity index (χ2n) is 5.30. The summed E-state index contributed by atoms with van der Waals surface area (Å²) in [5.74, 6) is -4.49. The van der Waals surface area contributed by atoms with Gasteiger partial charge in [0.1, 0.15) is 12.1 Å². The van der Waals surface area contributed by atoms with Crippen LogP contribution in [0.4, 0.5) is 0 Å². The van der Waals surface area contributed by atoms with Crippen LogP contribution in [0.2, 0.25) is 0 Å². The third-order valence-electron chi connectivity index (χ3n) is 2.99. The van der Waals surface area contributed by atoms with Crippen LogP contribution in [0.25, 0.3) is 0 Å². The fraction of sp³-hybridized carbons (Fsp3) is 0.615. The van der Waals surface area contributed by atoms with E-state index in [0.717, 1.165) is 0 Å². The van der Waals surface area contributed by atoms with E-state index in [1.54, 1.807) is 0 Å². The molecule has 0 heterocycles. The van der Waals surface area contributed by atoms with Crippen molar-refractivity contribution in [3.63, 3.8) is 0 Å². The predicted molar refractivity (Wildman–Crippen MR) is 87.3 cm³/mol. The Balaban J connectivity index is 4.98. The molecule has 0 aromatic rings. The van der Waals surface area contributed by atoms with Crippen molar-refractivity contribution in [3.8, 4) is 0 Å². The highest BCUT2D eigenvalue weighted by molar-refractivity contribution is 5.92. The lowest BCUT2D eigenvalue weighted by Gasteiger charge is -2.21. The molecule has 0 aliphatic rings. The van der Waals surface area contributed by atoms with Gasteiger partial charge in [-0.3, -0.25) is 19.4 Å². The fourth-order valence-corrected chi connectivity index (χ4v) is 1.72. The second kappa shape index (κ2) is 10.8. The number of hydrogen-bond donors (Lipinski definition) is 7. The smallest absolute Gasteiger partial charge is 0.326 e. The molecule has 0 radical (unpaired) electrons. The van der Waals surface area contributed by atoms with Gasteiger partial charge in [0.2, 0.25) is 11.8 Å². The van der Waals surface area contributed by atoms with E-state index < -0.39 is 48.3 Å². The zero-order valence-electron chi connectivity index (χ0n) is 13.8. The monoisotopic (exact) mass is 360 g/mol. The summed E-state index contributed by atoms with van der Waals surface area (Å²) >= 11 is 0. The topological polar surface area (TPSA) is 223 Å². The lowest BCUT2D eigenvalue weighted by molar-refractivity contribution is -0.147. The average molecular weight is 360 g/mol. The number of carbonyl (C=O) groups is 4. The molecule has 0 aliphatic heterocycles. The van der Waals surface area contributed by atoms with Crippen molar-refractivity contribution >= 4 is 29.7 Å². The van der Waals surface area contributed by atoms with E-state index in [4.69, 9.17) is 27.4 Å². The van der Waals surface area contributed by atoms with E-state index in [0.29, 0.717) is 6.42 Å². The van der Waals surface area contributed by atoms with Crippen molar-refractivity contribution < 1.29 is 29.4 Å². The van der Waals surface area contributed by atoms with E-state index in [2.05, 4.69) is 15.6 Å². The van der Waals surface area contributed by atoms with Crippen LogP contribution >= 0.6 is 0 Å². The Morgan fingerprint density at radius 1 is 1.04 bits per heavy atom. The fourth-order valence-electron chi connectivity index (χ4n) is 1.72. The SMILES string of the molecule is C[C@H](N)C(=O)N[C@@H](CCCN=C(N)N)C(=O)N[C@@H](CC(=O)O)C(=O)O. The number of aliphatic carboxylic acids is 2. The standard InChI is InChI=1S/C13H24N6O6/c1-6(14)10(22)18-7(3-2-4-17-13(15)16)11(23)19-8(12(24)25)5-9(20)21/h6-8H,2-5,14H2,1H3,(H,18,22)(H,19,23)(H,20,21)(H,24,25)(H4,15,16,17)/t6-,7-,8-/m0/s1. The summed E-state index contributed by atoms with van der Waals surface area (Å²) in [6.07, 6.45) is -0.393. The molecule has 0 unspecified atom stereocenters. The third-order valence-corrected chi connectivity index (χ3v) is 2.99. The van der Waals surface area contributed by atoms with Crippen LogP contribution < -0.4 is 27.8 Å². The van der Waals surface area contributed by atoms with Crippen LogP contribution in [0.15, 0.2) is 4.99 Å². The molecule has 0 saturated carbocycles. The van der Waals surface area contributed by atoms with Gasteiger partial charge in [-0.25, -0.2) is 4.79 Å². The van der Waals surface area contributed by atoms with E-state index >= 15 is 0 Å². The summed E-state index contributed by atoms with van der Waals surface area (Å²) in [5, 5.41) is 22.1. The van der Waals surface area contributed by atoms with E-state index in [1.807, 2.05) is 0 Å². The minimum absolute atomic E-state index is 0.0977. The third kappa shape index (κ3) is 9.76. The Hall–Kier alpha value is -2.89. The molecule has 3 atom stereocenters. The molecule has 142 valence electrons. The molecule has 0 bridgehead atoms. The average Bonchev–Trinajstić information content (AvgIpc) is 2.48. The molecule has 0 saturated heterocycles. The van der Waals surface area contributed by atoms with E-state index in [9.17, 15) is 19.2 Å². The number of rotatable bonds is 11.